The molecule has 0 spiro atoms. The first-order chi connectivity index (χ1) is 8.69. The first kappa shape index (κ1) is 11.9. The minimum absolute atomic E-state index is 0.520. The summed E-state index contributed by atoms with van der Waals surface area (Å²) in [4.78, 5) is 6.28. The summed E-state index contributed by atoms with van der Waals surface area (Å²) in [6.45, 7) is 0.653. The molecule has 0 aliphatic carbocycles. The molecule has 4 heteroatoms. The van der Waals surface area contributed by atoms with E-state index in [1.54, 1.807) is 12.1 Å². The number of hydrogen-bond donors (Lipinski definition) is 1. The summed E-state index contributed by atoms with van der Waals surface area (Å²) in [6, 6.07) is 15.2. The average molecular weight is 238 g/mol. The van der Waals surface area contributed by atoms with Gasteiger partial charge in [0.1, 0.15) is 5.82 Å². The number of pyridine rings is 1. The highest BCUT2D eigenvalue weighted by Crippen LogP contribution is 2.16. The van der Waals surface area contributed by atoms with Crippen LogP contribution in [-0.2, 0) is 6.54 Å². The maximum Gasteiger partial charge on any atom is 0.123 e. The van der Waals surface area contributed by atoms with Crippen molar-refractivity contribution in [1.82, 2.24) is 4.98 Å². The van der Waals surface area contributed by atoms with Gasteiger partial charge < -0.3 is 10.6 Å². The van der Waals surface area contributed by atoms with Crippen molar-refractivity contribution < 1.29 is 0 Å². The Kier molecular flexibility index (Phi) is 3.44. The monoisotopic (exact) mass is 238 g/mol. The van der Waals surface area contributed by atoms with Crippen LogP contribution in [0.25, 0.3) is 0 Å². The third-order valence-corrected chi connectivity index (χ3v) is 2.64. The highest BCUT2D eigenvalue weighted by molar-refractivity contribution is 5.51. The largest absolute Gasteiger partial charge is 0.384 e. The van der Waals surface area contributed by atoms with Crippen LogP contribution in [-0.4, -0.2) is 12.0 Å². The van der Waals surface area contributed by atoms with Crippen molar-refractivity contribution in [2.75, 3.05) is 17.7 Å². The van der Waals surface area contributed by atoms with Gasteiger partial charge in [0.15, 0.2) is 0 Å². The Bertz CT molecular complexity index is 586. The molecule has 0 amide bonds. The van der Waals surface area contributed by atoms with Crippen molar-refractivity contribution in [3.05, 3.63) is 53.7 Å². The van der Waals surface area contributed by atoms with E-state index in [-0.39, 0.29) is 0 Å². The number of hydrogen-bond acceptors (Lipinski definition) is 4. The van der Waals surface area contributed by atoms with Crippen LogP contribution in [0.4, 0.5) is 11.5 Å². The Morgan fingerprint density at radius 2 is 2.06 bits per heavy atom. The van der Waals surface area contributed by atoms with Gasteiger partial charge in [-0.05, 0) is 30.3 Å². The number of aromatic nitrogens is 1. The van der Waals surface area contributed by atoms with Gasteiger partial charge in [-0.25, -0.2) is 4.98 Å². The molecule has 0 aliphatic rings. The van der Waals surface area contributed by atoms with Crippen molar-refractivity contribution in [3.8, 4) is 6.07 Å². The third kappa shape index (κ3) is 2.77. The SMILES string of the molecule is CN(Cc1cccc(N)n1)c1cccc(C#N)c1. The van der Waals surface area contributed by atoms with E-state index >= 15 is 0 Å². The predicted octanol–water partition coefficient (Wildman–Crippen LogP) is 2.17. The Labute approximate surface area is 106 Å². The van der Waals surface area contributed by atoms with E-state index in [2.05, 4.69) is 11.1 Å². The van der Waals surface area contributed by atoms with Gasteiger partial charge in [0, 0.05) is 12.7 Å². The smallest absolute Gasteiger partial charge is 0.123 e. The van der Waals surface area contributed by atoms with Gasteiger partial charge in [0.2, 0.25) is 0 Å². The van der Waals surface area contributed by atoms with Crippen molar-refractivity contribution in [2.45, 2.75) is 6.54 Å². The molecule has 0 aliphatic heterocycles. The number of nitriles is 1. The highest BCUT2D eigenvalue weighted by atomic mass is 15.1. The Morgan fingerprint density at radius 3 is 2.78 bits per heavy atom. The maximum atomic E-state index is 8.87. The average Bonchev–Trinajstić information content (AvgIpc) is 2.39. The fourth-order valence-electron chi connectivity index (χ4n) is 1.73. The van der Waals surface area contributed by atoms with Crippen LogP contribution >= 0.6 is 0 Å². The molecule has 0 fully saturated rings. The molecule has 0 saturated carbocycles. The highest BCUT2D eigenvalue weighted by Gasteiger charge is 2.04. The fraction of sp³-hybridized carbons (Fsp3) is 0.143. The second kappa shape index (κ2) is 5.19. The predicted molar refractivity (Wildman–Crippen MR) is 71.9 cm³/mol. The van der Waals surface area contributed by atoms with E-state index in [4.69, 9.17) is 11.0 Å². The van der Waals surface area contributed by atoms with Crippen LogP contribution in [0.1, 0.15) is 11.3 Å². The van der Waals surface area contributed by atoms with Gasteiger partial charge in [-0.3, -0.25) is 0 Å². The Morgan fingerprint density at radius 1 is 1.28 bits per heavy atom. The molecule has 2 aromatic rings. The Hall–Kier alpha value is -2.54. The van der Waals surface area contributed by atoms with Crippen molar-refractivity contribution in [2.24, 2.45) is 0 Å². The second-order valence-electron chi connectivity index (χ2n) is 4.07. The minimum Gasteiger partial charge on any atom is -0.384 e. The van der Waals surface area contributed by atoms with Gasteiger partial charge in [0.25, 0.3) is 0 Å². The molecule has 0 atom stereocenters. The van der Waals surface area contributed by atoms with Gasteiger partial charge in [-0.2, -0.15) is 5.26 Å². The fourth-order valence-corrected chi connectivity index (χ4v) is 1.73. The van der Waals surface area contributed by atoms with Crippen LogP contribution in [0.3, 0.4) is 0 Å². The summed E-state index contributed by atoms with van der Waals surface area (Å²) < 4.78 is 0. The topological polar surface area (TPSA) is 65.9 Å². The van der Waals surface area contributed by atoms with Crippen LogP contribution in [0.2, 0.25) is 0 Å². The van der Waals surface area contributed by atoms with E-state index in [1.165, 1.54) is 0 Å². The maximum absolute atomic E-state index is 8.87. The molecule has 1 heterocycles. The van der Waals surface area contributed by atoms with Crippen molar-refractivity contribution >= 4 is 11.5 Å². The first-order valence-corrected chi connectivity index (χ1v) is 5.62. The summed E-state index contributed by atoms with van der Waals surface area (Å²) in [7, 11) is 1.96. The van der Waals surface area contributed by atoms with Crippen LogP contribution in [0.5, 0.6) is 0 Å². The number of nitrogen functional groups attached to an aromatic ring is 1. The zero-order valence-corrected chi connectivity index (χ0v) is 10.2. The molecule has 0 unspecified atom stereocenters. The summed E-state index contributed by atoms with van der Waals surface area (Å²) in [5, 5.41) is 8.87. The standard InChI is InChI=1S/C14H14N4/c1-18(10-12-5-3-7-14(16)17-12)13-6-2-4-11(8-13)9-15/h2-8H,10H2,1H3,(H2,16,17). The van der Waals surface area contributed by atoms with Crippen LogP contribution < -0.4 is 10.6 Å². The van der Waals surface area contributed by atoms with Crippen molar-refractivity contribution in [1.29, 1.82) is 5.26 Å². The zero-order chi connectivity index (χ0) is 13.0. The lowest BCUT2D eigenvalue weighted by atomic mass is 10.2. The zero-order valence-electron chi connectivity index (χ0n) is 10.2. The molecular weight excluding hydrogens is 224 g/mol. The molecule has 90 valence electrons. The van der Waals surface area contributed by atoms with Gasteiger partial charge in [-0.15, -0.1) is 0 Å². The number of nitrogens with two attached hydrogens (primary N) is 1. The van der Waals surface area contributed by atoms with Crippen LogP contribution in [0, 0.1) is 11.3 Å². The summed E-state index contributed by atoms with van der Waals surface area (Å²) in [5.74, 6) is 0.520. The van der Waals surface area contributed by atoms with E-state index in [9.17, 15) is 0 Å². The van der Waals surface area contributed by atoms with E-state index < -0.39 is 0 Å². The molecule has 4 nitrogen and oxygen atoms in total. The molecule has 1 aromatic carbocycles. The summed E-state index contributed by atoms with van der Waals surface area (Å²) in [6.07, 6.45) is 0. The van der Waals surface area contributed by atoms with Crippen LogP contribution in [0.15, 0.2) is 42.5 Å². The molecular formula is C14H14N4. The van der Waals surface area contributed by atoms with Gasteiger partial charge in [-0.1, -0.05) is 12.1 Å². The van der Waals surface area contributed by atoms with Gasteiger partial charge in [0.05, 0.1) is 23.9 Å². The first-order valence-electron chi connectivity index (χ1n) is 5.62. The van der Waals surface area contributed by atoms with E-state index in [0.29, 0.717) is 17.9 Å². The molecule has 0 bridgehead atoms. The normalized spacial score (nSPS) is 9.78. The number of benzene rings is 1. The van der Waals surface area contributed by atoms with E-state index in [1.807, 2.05) is 42.3 Å². The van der Waals surface area contributed by atoms with E-state index in [0.717, 1.165) is 11.4 Å². The molecule has 18 heavy (non-hydrogen) atoms. The molecule has 2 rings (SSSR count). The summed E-state index contributed by atoms with van der Waals surface area (Å²) in [5.41, 5.74) is 8.19. The second-order valence-corrected chi connectivity index (χ2v) is 4.07. The number of nitrogens with zero attached hydrogens (tertiary/aromatic N) is 3. The lowest BCUT2D eigenvalue weighted by Crippen LogP contribution is -2.17. The van der Waals surface area contributed by atoms with Gasteiger partial charge >= 0.3 is 0 Å². The lowest BCUT2D eigenvalue weighted by molar-refractivity contribution is 0.887. The molecule has 0 saturated heterocycles. The lowest BCUT2D eigenvalue weighted by Gasteiger charge is -2.19. The third-order valence-electron chi connectivity index (χ3n) is 2.64. The quantitative estimate of drug-likeness (QED) is 0.890. The Balaban J connectivity index is 2.17. The molecule has 2 N–H and O–H groups in total. The number of rotatable bonds is 3. The molecule has 0 radical (unpaired) electrons. The van der Waals surface area contributed by atoms with Crippen molar-refractivity contribution in [3.63, 3.8) is 0 Å². The summed E-state index contributed by atoms with van der Waals surface area (Å²) >= 11 is 0. The molecule has 1 aromatic heterocycles. The minimum atomic E-state index is 0.520. The number of anilines is 2.